The quantitative estimate of drug-likeness (QED) is 0.799. The van der Waals surface area contributed by atoms with Gasteiger partial charge in [0.1, 0.15) is 0 Å². The number of ether oxygens (including phenoxy) is 2. The van der Waals surface area contributed by atoms with Gasteiger partial charge < -0.3 is 19.5 Å². The van der Waals surface area contributed by atoms with Gasteiger partial charge in [-0.05, 0) is 32.1 Å². The van der Waals surface area contributed by atoms with Gasteiger partial charge in [-0.3, -0.25) is 0 Å². The van der Waals surface area contributed by atoms with Crippen LogP contribution in [0.15, 0.2) is 0 Å². The topological polar surface area (TPSA) is 59.0 Å². The van der Waals surface area contributed by atoms with E-state index in [-0.39, 0.29) is 12.3 Å². The zero-order valence-electron chi connectivity index (χ0n) is 9.43. The maximum absolute atomic E-state index is 10.9. The van der Waals surface area contributed by atoms with E-state index in [1.54, 1.807) is 0 Å². The highest BCUT2D eigenvalue weighted by molar-refractivity contribution is 5.65. The molecule has 1 N–H and O–H groups in total. The molecule has 5 nitrogen and oxygen atoms in total. The highest BCUT2D eigenvalue weighted by atomic mass is 16.7. The molecule has 0 radical (unpaired) electrons. The molecule has 2 rings (SSSR count). The Kier molecular flexibility index (Phi) is 4.01. The Labute approximate surface area is 95.3 Å². The van der Waals surface area contributed by atoms with E-state index in [1.165, 1.54) is 4.90 Å². The first kappa shape index (κ1) is 11.7. The van der Waals surface area contributed by atoms with E-state index in [4.69, 9.17) is 14.6 Å². The molecule has 0 aliphatic carbocycles. The molecule has 5 heteroatoms. The van der Waals surface area contributed by atoms with Crippen molar-refractivity contribution in [2.75, 3.05) is 19.8 Å². The third-order valence-electron chi connectivity index (χ3n) is 3.24. The zero-order chi connectivity index (χ0) is 11.4. The molecule has 2 unspecified atom stereocenters. The summed E-state index contributed by atoms with van der Waals surface area (Å²) in [5.41, 5.74) is 0. The van der Waals surface area contributed by atoms with Gasteiger partial charge in [-0.25, -0.2) is 4.79 Å². The number of hydrogen-bond donors (Lipinski definition) is 1. The van der Waals surface area contributed by atoms with Gasteiger partial charge in [0.2, 0.25) is 0 Å². The predicted octanol–water partition coefficient (Wildman–Crippen LogP) is 1.67. The standard InChI is InChI=1S/C11H19NO4/c13-11(14)12-6-3-4-9(12)8-16-10-5-1-2-7-15-10/h9-10H,1-8H2,(H,13,14). The summed E-state index contributed by atoms with van der Waals surface area (Å²) in [6, 6.07) is 0.0167. The van der Waals surface area contributed by atoms with Gasteiger partial charge in [-0.1, -0.05) is 0 Å². The number of likely N-dealkylation sites (tertiary alicyclic amines) is 1. The second kappa shape index (κ2) is 5.50. The van der Waals surface area contributed by atoms with Crippen LogP contribution in [-0.4, -0.2) is 48.2 Å². The van der Waals surface area contributed by atoms with Gasteiger partial charge in [0, 0.05) is 13.2 Å². The molecule has 2 atom stereocenters. The second-order valence-corrected chi connectivity index (χ2v) is 4.40. The Morgan fingerprint density at radius 1 is 1.38 bits per heavy atom. The van der Waals surface area contributed by atoms with Gasteiger partial charge in [-0.15, -0.1) is 0 Å². The van der Waals surface area contributed by atoms with Crippen LogP contribution in [-0.2, 0) is 9.47 Å². The molecule has 0 spiro atoms. The van der Waals surface area contributed by atoms with Crippen LogP contribution in [0.5, 0.6) is 0 Å². The Bertz CT molecular complexity index is 240. The van der Waals surface area contributed by atoms with E-state index in [9.17, 15) is 4.79 Å². The maximum atomic E-state index is 10.9. The SMILES string of the molecule is O=C(O)N1CCCC1COC1CCCCO1. The van der Waals surface area contributed by atoms with Crippen LogP contribution < -0.4 is 0 Å². The van der Waals surface area contributed by atoms with Crippen LogP contribution in [0.1, 0.15) is 32.1 Å². The van der Waals surface area contributed by atoms with Crippen molar-refractivity contribution in [1.82, 2.24) is 4.90 Å². The van der Waals surface area contributed by atoms with Crippen molar-refractivity contribution in [2.24, 2.45) is 0 Å². The predicted molar refractivity (Wildman–Crippen MR) is 57.3 cm³/mol. The van der Waals surface area contributed by atoms with E-state index in [0.29, 0.717) is 13.2 Å². The second-order valence-electron chi connectivity index (χ2n) is 4.40. The molecule has 2 fully saturated rings. The summed E-state index contributed by atoms with van der Waals surface area (Å²) in [7, 11) is 0. The highest BCUT2D eigenvalue weighted by Gasteiger charge is 2.29. The highest BCUT2D eigenvalue weighted by Crippen LogP contribution is 2.20. The van der Waals surface area contributed by atoms with Gasteiger partial charge in [0.05, 0.1) is 12.6 Å². The molecule has 1 amide bonds. The molecule has 0 aromatic heterocycles. The van der Waals surface area contributed by atoms with E-state index in [0.717, 1.165) is 38.7 Å². The molecule has 92 valence electrons. The summed E-state index contributed by atoms with van der Waals surface area (Å²) in [6.45, 7) is 1.86. The van der Waals surface area contributed by atoms with Crippen molar-refractivity contribution in [3.63, 3.8) is 0 Å². The fourth-order valence-corrected chi connectivity index (χ4v) is 2.32. The number of nitrogens with zero attached hydrogens (tertiary/aromatic N) is 1. The van der Waals surface area contributed by atoms with Crippen LogP contribution in [0.25, 0.3) is 0 Å². The van der Waals surface area contributed by atoms with Gasteiger partial charge in [0.25, 0.3) is 0 Å². The fraction of sp³-hybridized carbons (Fsp3) is 0.909. The van der Waals surface area contributed by atoms with Gasteiger partial charge in [0.15, 0.2) is 6.29 Å². The van der Waals surface area contributed by atoms with Crippen LogP contribution in [0.4, 0.5) is 4.79 Å². The van der Waals surface area contributed by atoms with E-state index in [1.807, 2.05) is 0 Å². The molecule has 2 saturated heterocycles. The number of hydrogen-bond acceptors (Lipinski definition) is 3. The van der Waals surface area contributed by atoms with E-state index >= 15 is 0 Å². The molecule has 0 saturated carbocycles. The van der Waals surface area contributed by atoms with Gasteiger partial charge >= 0.3 is 6.09 Å². The normalized spacial score (nSPS) is 30.6. The molecule has 0 bridgehead atoms. The van der Waals surface area contributed by atoms with Crippen LogP contribution in [0.2, 0.25) is 0 Å². The fourth-order valence-electron chi connectivity index (χ4n) is 2.32. The summed E-state index contributed by atoms with van der Waals surface area (Å²) in [5.74, 6) is 0. The Morgan fingerprint density at radius 3 is 2.94 bits per heavy atom. The Balaban J connectivity index is 1.73. The summed E-state index contributed by atoms with van der Waals surface area (Å²) in [5, 5.41) is 8.96. The molecule has 0 aromatic rings. The van der Waals surface area contributed by atoms with Crippen LogP contribution in [0.3, 0.4) is 0 Å². The number of amides is 1. The van der Waals surface area contributed by atoms with Crippen molar-refractivity contribution < 1.29 is 19.4 Å². The first-order valence-electron chi connectivity index (χ1n) is 6.00. The largest absolute Gasteiger partial charge is 0.465 e. The average molecular weight is 229 g/mol. The molecular weight excluding hydrogens is 210 g/mol. The lowest BCUT2D eigenvalue weighted by molar-refractivity contribution is -0.168. The molecule has 16 heavy (non-hydrogen) atoms. The Morgan fingerprint density at radius 2 is 2.25 bits per heavy atom. The minimum Gasteiger partial charge on any atom is -0.465 e. The van der Waals surface area contributed by atoms with Crippen molar-refractivity contribution in [2.45, 2.75) is 44.4 Å². The first-order chi connectivity index (χ1) is 7.77. The molecule has 2 aliphatic rings. The van der Waals surface area contributed by atoms with E-state index < -0.39 is 6.09 Å². The lowest BCUT2D eigenvalue weighted by Crippen LogP contribution is -2.38. The zero-order valence-corrected chi connectivity index (χ0v) is 9.43. The van der Waals surface area contributed by atoms with Crippen molar-refractivity contribution in [1.29, 1.82) is 0 Å². The van der Waals surface area contributed by atoms with Crippen LogP contribution in [0, 0.1) is 0 Å². The minimum atomic E-state index is -0.837. The summed E-state index contributed by atoms with van der Waals surface area (Å²) in [4.78, 5) is 12.4. The Hall–Kier alpha value is -0.810. The average Bonchev–Trinajstić information content (AvgIpc) is 2.76. The summed E-state index contributed by atoms with van der Waals surface area (Å²) in [6.07, 6.45) is 4.05. The molecule has 2 aliphatic heterocycles. The lowest BCUT2D eigenvalue weighted by atomic mass is 10.2. The minimum absolute atomic E-state index is 0.0167. The third-order valence-corrected chi connectivity index (χ3v) is 3.24. The van der Waals surface area contributed by atoms with Crippen molar-refractivity contribution in [3.05, 3.63) is 0 Å². The maximum Gasteiger partial charge on any atom is 0.407 e. The van der Waals surface area contributed by atoms with Gasteiger partial charge in [-0.2, -0.15) is 0 Å². The monoisotopic (exact) mass is 229 g/mol. The molecule has 0 aromatic carbocycles. The molecular formula is C11H19NO4. The first-order valence-corrected chi connectivity index (χ1v) is 6.00. The van der Waals surface area contributed by atoms with Crippen molar-refractivity contribution >= 4 is 6.09 Å². The lowest BCUT2D eigenvalue weighted by Gasteiger charge is -2.26. The smallest absolute Gasteiger partial charge is 0.407 e. The van der Waals surface area contributed by atoms with E-state index in [2.05, 4.69) is 0 Å². The number of carboxylic acid groups (broad SMARTS) is 1. The molecule has 2 heterocycles. The van der Waals surface area contributed by atoms with Crippen LogP contribution >= 0.6 is 0 Å². The summed E-state index contributed by atoms with van der Waals surface area (Å²) < 4.78 is 11.1. The number of rotatable bonds is 3. The van der Waals surface area contributed by atoms with Crippen molar-refractivity contribution in [3.8, 4) is 0 Å². The third kappa shape index (κ3) is 2.86. The summed E-state index contributed by atoms with van der Waals surface area (Å²) >= 11 is 0. The number of carbonyl (C=O) groups is 1.